The Labute approximate surface area is 143 Å². The van der Waals surface area contributed by atoms with Crippen LogP contribution in [0.4, 0.5) is 5.69 Å². The molecule has 0 heterocycles. The number of nitrogens with zero attached hydrogens (tertiary/aromatic N) is 1. The molecular formula is C14H10Cl3NO3S. The summed E-state index contributed by atoms with van der Waals surface area (Å²) in [6.45, 7) is -0.531. The SMILES string of the molecule is O=C(Cl)CN(c1ccccc1Cl)S(=O)(=O)c1ccc(Cl)cc1. The number of halogens is 3. The lowest BCUT2D eigenvalue weighted by Gasteiger charge is -2.23. The molecule has 0 N–H and O–H groups in total. The third-order valence-electron chi connectivity index (χ3n) is 2.79. The van der Waals surface area contributed by atoms with Crippen LogP contribution < -0.4 is 4.31 Å². The lowest BCUT2D eigenvalue weighted by Crippen LogP contribution is -2.34. The molecule has 0 bridgehead atoms. The van der Waals surface area contributed by atoms with Crippen molar-refractivity contribution in [2.75, 3.05) is 10.8 Å². The number of rotatable bonds is 5. The highest BCUT2D eigenvalue weighted by Gasteiger charge is 2.28. The van der Waals surface area contributed by atoms with E-state index in [0.29, 0.717) is 5.02 Å². The normalized spacial score (nSPS) is 11.2. The second-order valence-corrected chi connectivity index (χ2v) is 7.40. The smallest absolute Gasteiger partial charge is 0.264 e. The number of hydrogen-bond donors (Lipinski definition) is 0. The average Bonchev–Trinajstić information content (AvgIpc) is 2.46. The number of anilines is 1. The Kier molecular flexibility index (Phi) is 5.34. The van der Waals surface area contributed by atoms with Crippen LogP contribution in [0.3, 0.4) is 0 Å². The topological polar surface area (TPSA) is 54.5 Å². The first-order valence-electron chi connectivity index (χ1n) is 6.03. The largest absolute Gasteiger partial charge is 0.279 e. The molecule has 0 amide bonds. The molecule has 22 heavy (non-hydrogen) atoms. The molecule has 0 aromatic heterocycles. The van der Waals surface area contributed by atoms with Crippen molar-refractivity contribution in [3.8, 4) is 0 Å². The molecule has 0 saturated carbocycles. The van der Waals surface area contributed by atoms with Crippen molar-refractivity contribution in [2.45, 2.75) is 4.90 Å². The van der Waals surface area contributed by atoms with Gasteiger partial charge in [0.05, 0.1) is 15.6 Å². The summed E-state index contributed by atoms with van der Waals surface area (Å²) < 4.78 is 26.4. The van der Waals surface area contributed by atoms with Gasteiger partial charge in [0, 0.05) is 5.02 Å². The Hall–Kier alpha value is -1.27. The molecule has 4 nitrogen and oxygen atoms in total. The van der Waals surface area contributed by atoms with Gasteiger partial charge in [-0.05, 0) is 48.0 Å². The number of benzene rings is 2. The van der Waals surface area contributed by atoms with Gasteiger partial charge in [0.2, 0.25) is 5.24 Å². The predicted molar refractivity (Wildman–Crippen MR) is 88.3 cm³/mol. The summed E-state index contributed by atoms with van der Waals surface area (Å²) in [6, 6.07) is 11.9. The minimum absolute atomic E-state index is 0.0188. The third-order valence-corrected chi connectivity index (χ3v) is 5.26. The van der Waals surface area contributed by atoms with E-state index in [1.165, 1.54) is 36.4 Å². The van der Waals surface area contributed by atoms with Crippen molar-refractivity contribution in [3.63, 3.8) is 0 Å². The predicted octanol–water partition coefficient (Wildman–Crippen LogP) is 3.95. The van der Waals surface area contributed by atoms with Gasteiger partial charge in [-0.25, -0.2) is 8.42 Å². The third kappa shape index (κ3) is 3.73. The van der Waals surface area contributed by atoms with Gasteiger partial charge in [0.15, 0.2) is 0 Å². The van der Waals surface area contributed by atoms with Crippen molar-refractivity contribution in [1.29, 1.82) is 0 Å². The summed E-state index contributed by atoms with van der Waals surface area (Å²) in [6.07, 6.45) is 0. The second-order valence-electron chi connectivity index (χ2n) is 4.27. The monoisotopic (exact) mass is 377 g/mol. The van der Waals surface area contributed by atoms with Crippen LogP contribution in [0.25, 0.3) is 0 Å². The molecule has 2 aromatic rings. The van der Waals surface area contributed by atoms with Gasteiger partial charge in [-0.15, -0.1) is 0 Å². The van der Waals surface area contributed by atoms with Gasteiger partial charge in [0.1, 0.15) is 6.54 Å². The standard InChI is InChI=1S/C14H10Cl3NO3S/c15-10-5-7-11(8-6-10)22(20,21)18(9-14(17)19)13-4-2-1-3-12(13)16/h1-8H,9H2. The fraction of sp³-hybridized carbons (Fsp3) is 0.0714. The van der Waals surface area contributed by atoms with E-state index in [4.69, 9.17) is 34.8 Å². The first kappa shape index (κ1) is 17.1. The fourth-order valence-corrected chi connectivity index (χ4v) is 3.84. The van der Waals surface area contributed by atoms with E-state index >= 15 is 0 Å². The minimum Gasteiger partial charge on any atom is -0.279 e. The molecule has 116 valence electrons. The van der Waals surface area contributed by atoms with Crippen LogP contribution in [0.2, 0.25) is 10.0 Å². The highest BCUT2D eigenvalue weighted by molar-refractivity contribution is 7.92. The van der Waals surface area contributed by atoms with Gasteiger partial charge < -0.3 is 0 Å². The van der Waals surface area contributed by atoms with Crippen LogP contribution >= 0.6 is 34.8 Å². The van der Waals surface area contributed by atoms with E-state index in [-0.39, 0.29) is 15.6 Å². The quantitative estimate of drug-likeness (QED) is 0.740. The minimum atomic E-state index is -4.00. The molecule has 0 unspecified atom stereocenters. The van der Waals surface area contributed by atoms with E-state index in [1.807, 2.05) is 0 Å². The van der Waals surface area contributed by atoms with Crippen molar-refractivity contribution >= 4 is 55.8 Å². The maximum absolute atomic E-state index is 12.7. The molecular weight excluding hydrogens is 369 g/mol. The number of sulfonamides is 1. The van der Waals surface area contributed by atoms with E-state index in [1.54, 1.807) is 12.1 Å². The molecule has 0 fully saturated rings. The fourth-order valence-electron chi connectivity index (χ4n) is 1.80. The highest BCUT2D eigenvalue weighted by Crippen LogP contribution is 2.30. The zero-order valence-corrected chi connectivity index (χ0v) is 14.1. The first-order valence-corrected chi connectivity index (χ1v) is 8.61. The van der Waals surface area contributed by atoms with Gasteiger partial charge in [-0.3, -0.25) is 9.10 Å². The molecule has 2 rings (SSSR count). The van der Waals surface area contributed by atoms with E-state index < -0.39 is 21.8 Å². The van der Waals surface area contributed by atoms with Crippen LogP contribution in [-0.2, 0) is 14.8 Å². The van der Waals surface area contributed by atoms with E-state index in [0.717, 1.165) is 4.31 Å². The van der Waals surface area contributed by atoms with Gasteiger partial charge in [-0.2, -0.15) is 0 Å². The molecule has 0 radical (unpaired) electrons. The molecule has 8 heteroatoms. The van der Waals surface area contributed by atoms with E-state index in [2.05, 4.69) is 0 Å². The summed E-state index contributed by atoms with van der Waals surface area (Å²) in [5, 5.41) is -0.230. The summed E-state index contributed by atoms with van der Waals surface area (Å²) in [7, 11) is -4.00. The molecule has 0 aliphatic heterocycles. The molecule has 0 saturated heterocycles. The Morgan fingerprint density at radius 2 is 1.59 bits per heavy atom. The van der Waals surface area contributed by atoms with Crippen molar-refractivity contribution in [2.24, 2.45) is 0 Å². The zero-order valence-electron chi connectivity index (χ0n) is 11.0. The van der Waals surface area contributed by atoms with Crippen LogP contribution in [0.5, 0.6) is 0 Å². The summed E-state index contributed by atoms with van der Waals surface area (Å²) in [4.78, 5) is 11.2. The Morgan fingerprint density at radius 3 is 2.14 bits per heavy atom. The van der Waals surface area contributed by atoms with Gasteiger partial charge >= 0.3 is 0 Å². The lowest BCUT2D eigenvalue weighted by molar-refractivity contribution is -0.110. The van der Waals surface area contributed by atoms with Crippen molar-refractivity contribution < 1.29 is 13.2 Å². The van der Waals surface area contributed by atoms with Crippen LogP contribution in [0, 0.1) is 0 Å². The molecule has 0 aliphatic carbocycles. The number of carbonyl (C=O) groups excluding carboxylic acids is 1. The maximum Gasteiger partial charge on any atom is 0.264 e. The van der Waals surface area contributed by atoms with Crippen molar-refractivity contribution in [3.05, 3.63) is 58.6 Å². The number of para-hydroxylation sites is 1. The van der Waals surface area contributed by atoms with Gasteiger partial charge in [0.25, 0.3) is 10.0 Å². The molecule has 0 spiro atoms. The maximum atomic E-state index is 12.7. The summed E-state index contributed by atoms with van der Waals surface area (Å²) in [5.74, 6) is 0. The molecule has 2 aromatic carbocycles. The Morgan fingerprint density at radius 1 is 1.00 bits per heavy atom. The second kappa shape index (κ2) is 6.87. The number of carbonyl (C=O) groups is 1. The zero-order chi connectivity index (χ0) is 16.3. The van der Waals surface area contributed by atoms with Crippen LogP contribution in [-0.4, -0.2) is 20.2 Å². The van der Waals surface area contributed by atoms with Crippen molar-refractivity contribution in [1.82, 2.24) is 0 Å². The molecule has 0 aliphatic rings. The average molecular weight is 379 g/mol. The van der Waals surface area contributed by atoms with E-state index in [9.17, 15) is 13.2 Å². The lowest BCUT2D eigenvalue weighted by atomic mass is 10.3. The van der Waals surface area contributed by atoms with Gasteiger partial charge in [-0.1, -0.05) is 35.3 Å². The molecule has 0 atom stereocenters. The van der Waals surface area contributed by atoms with Crippen LogP contribution in [0.1, 0.15) is 0 Å². The Balaban J connectivity index is 2.56. The Bertz CT molecular complexity index is 791. The first-order chi connectivity index (χ1) is 10.3. The number of hydrogen-bond acceptors (Lipinski definition) is 3. The summed E-state index contributed by atoms with van der Waals surface area (Å²) >= 11 is 17.2. The summed E-state index contributed by atoms with van der Waals surface area (Å²) in [5.41, 5.74) is 0.174. The highest BCUT2D eigenvalue weighted by atomic mass is 35.5. The van der Waals surface area contributed by atoms with Crippen LogP contribution in [0.15, 0.2) is 53.4 Å².